The van der Waals surface area contributed by atoms with Crippen molar-refractivity contribution in [3.8, 4) is 0 Å². The summed E-state index contributed by atoms with van der Waals surface area (Å²) in [6.45, 7) is 1.09. The van der Waals surface area contributed by atoms with Gasteiger partial charge in [0, 0.05) is 5.56 Å². The Morgan fingerprint density at radius 1 is 1.20 bits per heavy atom. The molecule has 1 fully saturated rings. The summed E-state index contributed by atoms with van der Waals surface area (Å²) in [5, 5.41) is 1.91. The van der Waals surface area contributed by atoms with Gasteiger partial charge in [-0.15, -0.1) is 0 Å². The first-order chi connectivity index (χ1) is 11.8. The van der Waals surface area contributed by atoms with Crippen LogP contribution in [-0.4, -0.2) is 56.6 Å². The number of hydrogen-bond acceptors (Lipinski definition) is 4. The number of hydrogen-bond donors (Lipinski definition) is 2. The van der Waals surface area contributed by atoms with Crippen molar-refractivity contribution in [3.63, 3.8) is 0 Å². The van der Waals surface area contributed by atoms with Crippen molar-refractivity contribution >= 4 is 11.9 Å². The van der Waals surface area contributed by atoms with Crippen LogP contribution in [0.5, 0.6) is 0 Å². The molecule has 0 aromatic heterocycles. The third kappa shape index (κ3) is 3.93. The van der Waals surface area contributed by atoms with Gasteiger partial charge in [-0.2, -0.15) is 13.2 Å². The predicted octanol–water partition coefficient (Wildman–Crippen LogP) is 0.153. The van der Waals surface area contributed by atoms with Crippen molar-refractivity contribution in [1.82, 2.24) is 5.32 Å². The van der Waals surface area contributed by atoms with E-state index in [1.54, 1.807) is 6.07 Å². The summed E-state index contributed by atoms with van der Waals surface area (Å²) < 4.78 is 51.9. The summed E-state index contributed by atoms with van der Waals surface area (Å²) in [6, 6.07) is 7.42. The molecular weight excluding hydrogens is 341 g/mol. The van der Waals surface area contributed by atoms with Gasteiger partial charge in [-0.3, -0.25) is 15.0 Å². The highest BCUT2D eigenvalue weighted by atomic mass is 19.4. The van der Waals surface area contributed by atoms with Gasteiger partial charge in [0.15, 0.2) is 0 Å². The predicted molar refractivity (Wildman–Crippen MR) is 80.8 cm³/mol. The fourth-order valence-electron chi connectivity index (χ4n) is 2.73. The Balaban J connectivity index is 2.44. The number of rotatable bonds is 5. The number of carbonyl (C=O) groups is 2. The molecule has 1 amide bonds. The van der Waals surface area contributed by atoms with Crippen LogP contribution in [0.2, 0.25) is 0 Å². The second kappa shape index (κ2) is 7.83. The van der Waals surface area contributed by atoms with E-state index >= 15 is 0 Å². The maximum absolute atomic E-state index is 14.0. The SMILES string of the molecule is CCOC(=O)[C@@](NC(=O)c1ccccc1)([NH+]1CCOCC1)C(F)(F)F. The van der Waals surface area contributed by atoms with Crippen LogP contribution >= 0.6 is 0 Å². The molecule has 1 aliphatic heterocycles. The van der Waals surface area contributed by atoms with E-state index in [4.69, 9.17) is 4.74 Å². The number of nitrogens with one attached hydrogen (secondary N) is 2. The minimum atomic E-state index is -5.05. The van der Waals surface area contributed by atoms with Crippen molar-refractivity contribution in [2.24, 2.45) is 0 Å². The van der Waals surface area contributed by atoms with E-state index < -0.39 is 23.7 Å². The molecule has 0 saturated carbocycles. The van der Waals surface area contributed by atoms with E-state index in [9.17, 15) is 22.8 Å². The number of morpholine rings is 1. The summed E-state index contributed by atoms with van der Waals surface area (Å²) in [5.74, 6) is -2.52. The zero-order valence-electron chi connectivity index (χ0n) is 13.7. The van der Waals surface area contributed by atoms with Crippen LogP contribution in [0.1, 0.15) is 17.3 Å². The molecule has 0 radical (unpaired) electrons. The fourth-order valence-corrected chi connectivity index (χ4v) is 2.73. The Morgan fingerprint density at radius 2 is 1.80 bits per heavy atom. The Hall–Kier alpha value is -2.13. The zero-order valence-corrected chi connectivity index (χ0v) is 13.7. The third-order valence-corrected chi connectivity index (χ3v) is 3.97. The number of halogens is 3. The molecule has 6 nitrogen and oxygen atoms in total. The number of ether oxygens (including phenoxy) is 2. The first-order valence-electron chi connectivity index (χ1n) is 7.87. The Morgan fingerprint density at radius 3 is 2.32 bits per heavy atom. The molecule has 2 N–H and O–H groups in total. The topological polar surface area (TPSA) is 69.1 Å². The summed E-state index contributed by atoms with van der Waals surface area (Å²) in [4.78, 5) is 24.6. The van der Waals surface area contributed by atoms with Crippen molar-refractivity contribution < 1.29 is 37.1 Å². The Labute approximate surface area is 142 Å². The highest BCUT2D eigenvalue weighted by molar-refractivity contribution is 5.97. The van der Waals surface area contributed by atoms with Crippen molar-refractivity contribution in [3.05, 3.63) is 35.9 Å². The number of benzene rings is 1. The molecule has 0 spiro atoms. The quantitative estimate of drug-likeness (QED) is 0.733. The van der Waals surface area contributed by atoms with Crippen LogP contribution in [0.15, 0.2) is 30.3 Å². The van der Waals surface area contributed by atoms with Gasteiger partial charge in [-0.1, -0.05) is 18.2 Å². The van der Waals surface area contributed by atoms with Gasteiger partial charge in [0.25, 0.3) is 5.91 Å². The van der Waals surface area contributed by atoms with Crippen LogP contribution in [0, 0.1) is 0 Å². The summed E-state index contributed by atoms with van der Waals surface area (Å²) >= 11 is 0. The average molecular weight is 361 g/mol. The summed E-state index contributed by atoms with van der Waals surface area (Å²) in [7, 11) is 0. The molecule has 1 aliphatic rings. The number of esters is 1. The van der Waals surface area contributed by atoms with Crippen LogP contribution in [0.25, 0.3) is 0 Å². The summed E-state index contributed by atoms with van der Waals surface area (Å²) in [6.07, 6.45) is -5.05. The largest absolute Gasteiger partial charge is 0.478 e. The molecule has 1 atom stereocenters. The molecule has 25 heavy (non-hydrogen) atoms. The molecular formula is C16H20F3N2O4+. The lowest BCUT2D eigenvalue weighted by Crippen LogP contribution is -3.27. The van der Waals surface area contributed by atoms with Gasteiger partial charge in [0.05, 0.1) is 19.8 Å². The first kappa shape index (κ1) is 19.2. The zero-order chi connectivity index (χ0) is 18.5. The molecule has 1 aromatic rings. The van der Waals surface area contributed by atoms with Gasteiger partial charge >= 0.3 is 17.8 Å². The van der Waals surface area contributed by atoms with Crippen LogP contribution in [-0.2, 0) is 14.3 Å². The molecule has 9 heteroatoms. The molecule has 2 rings (SSSR count). The fraction of sp³-hybridized carbons (Fsp3) is 0.500. The minimum Gasteiger partial charge on any atom is -0.460 e. The monoisotopic (exact) mass is 361 g/mol. The third-order valence-electron chi connectivity index (χ3n) is 3.97. The Bertz CT molecular complexity index is 603. The normalized spacial score (nSPS) is 18.2. The van der Waals surface area contributed by atoms with Crippen LogP contribution in [0.4, 0.5) is 13.2 Å². The van der Waals surface area contributed by atoms with Crippen molar-refractivity contribution in [2.45, 2.75) is 18.8 Å². The lowest BCUT2D eigenvalue weighted by atomic mass is 10.1. The van der Waals surface area contributed by atoms with Crippen LogP contribution < -0.4 is 10.2 Å². The highest BCUT2D eigenvalue weighted by Gasteiger charge is 2.71. The lowest BCUT2D eigenvalue weighted by Gasteiger charge is -2.40. The smallest absolute Gasteiger partial charge is 0.460 e. The maximum Gasteiger partial charge on any atom is 0.478 e. The molecule has 1 saturated heterocycles. The van der Waals surface area contributed by atoms with E-state index in [2.05, 4.69) is 4.74 Å². The van der Waals surface area contributed by atoms with E-state index in [1.807, 2.05) is 5.32 Å². The number of carbonyl (C=O) groups excluding carboxylic acids is 2. The van der Waals surface area contributed by atoms with E-state index in [0.29, 0.717) is 0 Å². The Kier molecular flexibility index (Phi) is 6.02. The van der Waals surface area contributed by atoms with Gasteiger partial charge < -0.3 is 9.47 Å². The number of quaternary nitrogens is 1. The molecule has 1 aromatic carbocycles. The maximum atomic E-state index is 14.0. The van der Waals surface area contributed by atoms with Gasteiger partial charge in [0.1, 0.15) is 13.1 Å². The van der Waals surface area contributed by atoms with Crippen molar-refractivity contribution in [2.75, 3.05) is 32.9 Å². The van der Waals surface area contributed by atoms with Crippen LogP contribution in [0.3, 0.4) is 0 Å². The highest BCUT2D eigenvalue weighted by Crippen LogP contribution is 2.28. The van der Waals surface area contributed by atoms with E-state index in [0.717, 1.165) is 0 Å². The van der Waals surface area contributed by atoms with Crippen molar-refractivity contribution in [1.29, 1.82) is 0 Å². The van der Waals surface area contributed by atoms with Gasteiger partial charge in [-0.25, -0.2) is 4.79 Å². The summed E-state index contributed by atoms with van der Waals surface area (Å²) in [5.41, 5.74) is -3.16. The van der Waals surface area contributed by atoms with Gasteiger partial charge in [0.2, 0.25) is 0 Å². The molecule has 138 valence electrons. The molecule has 1 heterocycles. The second-order valence-electron chi connectivity index (χ2n) is 5.50. The number of alkyl halides is 3. The standard InChI is InChI=1S/C16H19F3N2O4/c1-2-25-14(23)15(16(17,18)19,21-8-10-24-11-9-21)20-13(22)12-6-4-3-5-7-12/h3-7H,2,8-11H2,1H3,(H,20,22)/p+1/t15-/m1/s1. The van der Waals surface area contributed by atoms with Gasteiger partial charge in [-0.05, 0) is 19.1 Å². The van der Waals surface area contributed by atoms with E-state index in [1.165, 1.54) is 31.2 Å². The average Bonchev–Trinajstić information content (AvgIpc) is 2.60. The molecule has 0 bridgehead atoms. The van der Waals surface area contributed by atoms with E-state index in [-0.39, 0.29) is 43.4 Å². The second-order valence-corrected chi connectivity index (χ2v) is 5.50. The lowest BCUT2D eigenvalue weighted by molar-refractivity contribution is -0.965. The number of amides is 1. The molecule has 0 unspecified atom stereocenters. The minimum absolute atomic E-state index is 0.0214. The molecule has 0 aliphatic carbocycles. The first-order valence-corrected chi connectivity index (χ1v) is 7.87.